The Bertz CT molecular complexity index is 1860. The quantitative estimate of drug-likeness (QED) is 0.158. The number of hydrogen-bond donors (Lipinski definition) is 1. The molecule has 0 heterocycles. The third-order valence-electron chi connectivity index (χ3n) is 7.77. The van der Waals surface area contributed by atoms with E-state index in [-0.39, 0.29) is 21.8 Å². The molecule has 0 saturated carbocycles. The van der Waals surface area contributed by atoms with Gasteiger partial charge in [0.2, 0.25) is 10.0 Å². The largest absolute Gasteiger partial charge is 0.456 e. The van der Waals surface area contributed by atoms with Crippen LogP contribution >= 0.6 is 0 Å². The van der Waals surface area contributed by atoms with Gasteiger partial charge in [-0.1, -0.05) is 84.6 Å². The second-order valence-electron chi connectivity index (χ2n) is 12.3. The van der Waals surface area contributed by atoms with Gasteiger partial charge in [0.05, 0.1) is 16.0 Å². The molecule has 0 spiro atoms. The van der Waals surface area contributed by atoms with Crippen LogP contribution in [0.3, 0.4) is 0 Å². The van der Waals surface area contributed by atoms with Crippen LogP contribution in [-0.4, -0.2) is 15.0 Å². The first-order valence-corrected chi connectivity index (χ1v) is 16.9. The van der Waals surface area contributed by atoms with Crippen molar-refractivity contribution in [2.75, 3.05) is 6.54 Å². The number of halogens is 1. The molecule has 6 nitrogen and oxygen atoms in total. The van der Waals surface area contributed by atoms with Crippen LogP contribution in [0.5, 0.6) is 11.5 Å². The summed E-state index contributed by atoms with van der Waals surface area (Å²) in [6.45, 7) is 10.2. The molecule has 45 heavy (non-hydrogen) atoms. The van der Waals surface area contributed by atoms with Crippen LogP contribution in [0.25, 0.3) is 21.9 Å². The van der Waals surface area contributed by atoms with Crippen LogP contribution in [0.1, 0.15) is 89.0 Å². The van der Waals surface area contributed by atoms with Crippen molar-refractivity contribution in [3.05, 3.63) is 88.7 Å². The molecular formula is C37H40FN3O3S. The molecule has 4 rings (SSSR count). The van der Waals surface area contributed by atoms with Crippen LogP contribution in [-0.2, 0) is 21.9 Å². The van der Waals surface area contributed by atoms with E-state index < -0.39 is 21.3 Å². The van der Waals surface area contributed by atoms with E-state index in [4.69, 9.17) is 4.74 Å². The molecule has 4 aromatic carbocycles. The molecule has 0 bridgehead atoms. The van der Waals surface area contributed by atoms with Gasteiger partial charge in [0.25, 0.3) is 0 Å². The van der Waals surface area contributed by atoms with Gasteiger partial charge in [0, 0.05) is 23.1 Å². The van der Waals surface area contributed by atoms with Crippen molar-refractivity contribution in [3.8, 4) is 34.8 Å². The molecule has 0 unspecified atom stereocenters. The Hall–Kier alpha value is -4.24. The summed E-state index contributed by atoms with van der Waals surface area (Å²) in [7, 11) is -3.71. The van der Waals surface area contributed by atoms with Gasteiger partial charge < -0.3 is 4.74 Å². The molecule has 0 amide bonds. The normalized spacial score (nSPS) is 11.7. The molecule has 234 valence electrons. The fourth-order valence-electron chi connectivity index (χ4n) is 5.57. The fraction of sp³-hybridized carbons (Fsp3) is 0.351. The van der Waals surface area contributed by atoms with Gasteiger partial charge in [-0.3, -0.25) is 0 Å². The third-order valence-corrected chi connectivity index (χ3v) is 9.25. The first kappa shape index (κ1) is 33.6. The van der Waals surface area contributed by atoms with E-state index in [1.807, 2.05) is 45.0 Å². The molecular weight excluding hydrogens is 585 g/mol. The monoisotopic (exact) mass is 625 g/mol. The van der Waals surface area contributed by atoms with E-state index in [2.05, 4.69) is 30.7 Å². The average Bonchev–Trinajstić information content (AvgIpc) is 3.00. The lowest BCUT2D eigenvalue weighted by Gasteiger charge is -2.26. The number of benzene rings is 4. The number of aryl methyl sites for hydroxylation is 1. The number of rotatable bonds is 12. The van der Waals surface area contributed by atoms with Gasteiger partial charge in [-0.15, -0.1) is 0 Å². The lowest BCUT2D eigenvalue weighted by atomic mass is 9.81. The molecule has 0 atom stereocenters. The van der Waals surface area contributed by atoms with Crippen LogP contribution < -0.4 is 9.46 Å². The predicted octanol–water partition coefficient (Wildman–Crippen LogP) is 9.29. The average molecular weight is 626 g/mol. The Labute approximate surface area is 266 Å². The highest BCUT2D eigenvalue weighted by molar-refractivity contribution is 7.89. The summed E-state index contributed by atoms with van der Waals surface area (Å²) in [4.78, 5) is 0.101. The highest BCUT2D eigenvalue weighted by Crippen LogP contribution is 2.47. The highest BCUT2D eigenvalue weighted by atomic mass is 32.2. The van der Waals surface area contributed by atoms with Crippen LogP contribution in [0, 0.1) is 28.5 Å². The first-order valence-electron chi connectivity index (χ1n) is 15.5. The van der Waals surface area contributed by atoms with Crippen LogP contribution in [0.4, 0.5) is 4.39 Å². The van der Waals surface area contributed by atoms with Crippen LogP contribution in [0.15, 0.2) is 65.6 Å². The molecule has 0 radical (unpaired) electrons. The zero-order valence-electron chi connectivity index (χ0n) is 26.6. The summed E-state index contributed by atoms with van der Waals surface area (Å²) in [5, 5.41) is 21.2. The van der Waals surface area contributed by atoms with E-state index in [0.29, 0.717) is 39.8 Å². The zero-order chi connectivity index (χ0) is 32.8. The molecule has 1 N–H and O–H groups in total. The molecule has 0 aromatic heterocycles. The third kappa shape index (κ3) is 7.53. The Morgan fingerprint density at radius 3 is 2.16 bits per heavy atom. The minimum atomic E-state index is -3.71. The first-order chi connectivity index (χ1) is 21.4. The topological polar surface area (TPSA) is 103 Å². The van der Waals surface area contributed by atoms with E-state index in [1.54, 1.807) is 12.1 Å². The van der Waals surface area contributed by atoms with Gasteiger partial charge in [-0.25, -0.2) is 17.5 Å². The molecule has 0 aliphatic carbocycles. The molecule has 0 fully saturated rings. The maximum atomic E-state index is 16.0. The maximum Gasteiger partial charge on any atom is 0.240 e. The number of nitriles is 2. The van der Waals surface area contributed by atoms with Crippen molar-refractivity contribution in [1.82, 2.24) is 4.72 Å². The lowest BCUT2D eigenvalue weighted by molar-refractivity contribution is 0.442. The second kappa shape index (κ2) is 14.2. The van der Waals surface area contributed by atoms with E-state index in [0.717, 1.165) is 44.1 Å². The van der Waals surface area contributed by atoms with Gasteiger partial charge in [0.15, 0.2) is 0 Å². The molecule has 0 aliphatic heterocycles. The zero-order valence-corrected chi connectivity index (χ0v) is 27.4. The minimum Gasteiger partial charge on any atom is -0.456 e. The van der Waals surface area contributed by atoms with E-state index >= 15 is 4.39 Å². The number of fused-ring (bicyclic) bond motifs is 1. The molecule has 0 aliphatic rings. The summed E-state index contributed by atoms with van der Waals surface area (Å²) in [6, 6.07) is 21.1. The maximum absolute atomic E-state index is 16.0. The SMILES string of the molecule is CCCCCCNS(=O)(=O)c1ccc(Oc2c(C(C)(C)C)c(F)cc3cc(C#N)c(C#N)c(-c4ccc(CCC)cc4)c23)cc1. The predicted molar refractivity (Wildman–Crippen MR) is 177 cm³/mol. The smallest absolute Gasteiger partial charge is 0.240 e. The van der Waals surface area contributed by atoms with Crippen LogP contribution in [0.2, 0.25) is 0 Å². The summed E-state index contributed by atoms with van der Waals surface area (Å²) in [5.74, 6) is 0.0199. The Balaban J connectivity index is 1.90. The minimum absolute atomic E-state index is 0.101. The van der Waals surface area contributed by atoms with Gasteiger partial charge >= 0.3 is 0 Å². The number of hydrogen-bond acceptors (Lipinski definition) is 5. The van der Waals surface area contributed by atoms with Crippen molar-refractivity contribution in [3.63, 3.8) is 0 Å². The van der Waals surface area contributed by atoms with Crippen molar-refractivity contribution in [2.45, 2.75) is 83.5 Å². The number of nitrogens with zero attached hydrogens (tertiary/aromatic N) is 2. The van der Waals surface area contributed by atoms with Gasteiger partial charge in [-0.2, -0.15) is 10.5 Å². The van der Waals surface area contributed by atoms with E-state index in [1.165, 1.54) is 24.3 Å². The number of ether oxygens (including phenoxy) is 1. The summed E-state index contributed by atoms with van der Waals surface area (Å²) >= 11 is 0. The Morgan fingerprint density at radius 2 is 1.58 bits per heavy atom. The summed E-state index contributed by atoms with van der Waals surface area (Å²) in [5.41, 5.74) is 2.25. The molecule has 8 heteroatoms. The van der Waals surface area contributed by atoms with Crippen molar-refractivity contribution in [2.24, 2.45) is 0 Å². The van der Waals surface area contributed by atoms with Gasteiger partial charge in [-0.05, 0) is 71.2 Å². The standard InChI is InChI=1S/C37H40FN3O3S/c1-6-8-9-10-20-41-45(42,43)30-18-16-29(17-19-30)44-36-34-27(22-32(38)35(36)37(3,4)5)21-28(23-39)31(24-40)33(34)26-14-12-25(11-7-2)13-15-26/h12-19,21-22,41H,6-11,20H2,1-5H3. The van der Waals surface area contributed by atoms with Crippen molar-refractivity contribution < 1.29 is 17.5 Å². The summed E-state index contributed by atoms with van der Waals surface area (Å²) < 4.78 is 50.8. The fourth-order valence-corrected chi connectivity index (χ4v) is 6.65. The number of unbranched alkanes of at least 4 members (excludes halogenated alkanes) is 3. The van der Waals surface area contributed by atoms with Gasteiger partial charge in [0.1, 0.15) is 29.5 Å². The Morgan fingerprint density at radius 1 is 0.889 bits per heavy atom. The number of sulfonamides is 1. The molecule has 0 saturated heterocycles. The van der Waals surface area contributed by atoms with E-state index in [9.17, 15) is 18.9 Å². The summed E-state index contributed by atoms with van der Waals surface area (Å²) in [6.07, 6.45) is 5.72. The highest BCUT2D eigenvalue weighted by Gasteiger charge is 2.30. The second-order valence-corrected chi connectivity index (χ2v) is 14.1. The van der Waals surface area contributed by atoms with Crippen molar-refractivity contribution in [1.29, 1.82) is 10.5 Å². The molecule has 4 aromatic rings. The number of nitrogens with one attached hydrogen (secondary N) is 1. The van der Waals surface area contributed by atoms with Crippen molar-refractivity contribution >= 4 is 20.8 Å². The lowest BCUT2D eigenvalue weighted by Crippen LogP contribution is -2.24. The Kier molecular flexibility index (Phi) is 10.7.